The van der Waals surface area contributed by atoms with E-state index in [1.165, 1.54) is 0 Å². The van der Waals surface area contributed by atoms with E-state index < -0.39 is 0 Å². The molecule has 0 aliphatic heterocycles. The molecule has 1 aromatic heterocycles. The number of halogens is 1. The van der Waals surface area contributed by atoms with Gasteiger partial charge in [0.25, 0.3) is 0 Å². The van der Waals surface area contributed by atoms with Crippen molar-refractivity contribution in [2.24, 2.45) is 0 Å². The summed E-state index contributed by atoms with van der Waals surface area (Å²) in [6, 6.07) is 10.8. The molecule has 4 heteroatoms. The second-order valence-electron chi connectivity index (χ2n) is 3.38. The van der Waals surface area contributed by atoms with Gasteiger partial charge in [0.2, 0.25) is 5.88 Å². The van der Waals surface area contributed by atoms with E-state index in [-0.39, 0.29) is 0 Å². The molecule has 0 amide bonds. The molecule has 0 aliphatic carbocycles. The molecular weight excluding hydrogens is 236 g/mol. The summed E-state index contributed by atoms with van der Waals surface area (Å²) < 4.78 is 5.06. The van der Waals surface area contributed by atoms with Crippen molar-refractivity contribution in [3.63, 3.8) is 0 Å². The van der Waals surface area contributed by atoms with Crippen molar-refractivity contribution in [2.75, 3.05) is 7.11 Å². The van der Waals surface area contributed by atoms with Crippen LogP contribution in [0.3, 0.4) is 0 Å². The molecule has 0 fully saturated rings. The van der Waals surface area contributed by atoms with E-state index in [1.807, 2.05) is 12.1 Å². The molecule has 0 radical (unpaired) electrons. The molecular formula is C13H9ClN2O. The summed E-state index contributed by atoms with van der Waals surface area (Å²) >= 11 is 5.90. The molecule has 0 spiro atoms. The van der Waals surface area contributed by atoms with Crippen molar-refractivity contribution in [1.82, 2.24) is 4.98 Å². The van der Waals surface area contributed by atoms with Crippen molar-refractivity contribution < 1.29 is 4.74 Å². The van der Waals surface area contributed by atoms with Crippen LogP contribution in [0.15, 0.2) is 36.4 Å². The van der Waals surface area contributed by atoms with Crippen LogP contribution in [0, 0.1) is 6.57 Å². The predicted octanol–water partition coefficient (Wildman–Crippen LogP) is 3.96. The highest BCUT2D eigenvalue weighted by Gasteiger charge is 2.03. The summed E-state index contributed by atoms with van der Waals surface area (Å²) in [7, 11) is 1.55. The van der Waals surface area contributed by atoms with Crippen molar-refractivity contribution >= 4 is 17.3 Å². The fourth-order valence-electron chi connectivity index (χ4n) is 1.47. The van der Waals surface area contributed by atoms with E-state index in [1.54, 1.807) is 31.4 Å². The Morgan fingerprint density at radius 2 is 1.88 bits per heavy atom. The van der Waals surface area contributed by atoms with Gasteiger partial charge in [-0.3, -0.25) is 0 Å². The van der Waals surface area contributed by atoms with Crippen LogP contribution in [0.5, 0.6) is 5.88 Å². The van der Waals surface area contributed by atoms with Gasteiger partial charge in [-0.1, -0.05) is 35.9 Å². The zero-order chi connectivity index (χ0) is 12.3. The Hall–Kier alpha value is -2.05. The Morgan fingerprint density at radius 3 is 2.47 bits per heavy atom. The van der Waals surface area contributed by atoms with Crippen LogP contribution in [0.2, 0.25) is 5.15 Å². The zero-order valence-electron chi connectivity index (χ0n) is 9.14. The van der Waals surface area contributed by atoms with Crippen LogP contribution in [-0.4, -0.2) is 12.1 Å². The summed E-state index contributed by atoms with van der Waals surface area (Å²) in [5.41, 5.74) is 2.50. The monoisotopic (exact) mass is 244 g/mol. The lowest BCUT2D eigenvalue weighted by atomic mass is 10.1. The Bertz CT molecular complexity index is 573. The first-order valence-electron chi connectivity index (χ1n) is 4.92. The van der Waals surface area contributed by atoms with Gasteiger partial charge in [-0.05, 0) is 17.2 Å². The smallest absolute Gasteiger partial charge is 0.214 e. The normalized spacial score (nSPS) is 9.71. The van der Waals surface area contributed by atoms with Crippen LogP contribution in [0.25, 0.3) is 16.0 Å². The number of rotatable bonds is 2. The molecule has 1 heterocycles. The van der Waals surface area contributed by atoms with Crippen molar-refractivity contribution in [1.29, 1.82) is 0 Å². The fourth-order valence-corrected chi connectivity index (χ4v) is 1.67. The van der Waals surface area contributed by atoms with Gasteiger partial charge in [0.05, 0.1) is 13.7 Å². The third-order valence-electron chi connectivity index (χ3n) is 2.31. The number of pyridine rings is 1. The maximum Gasteiger partial charge on any atom is 0.214 e. The fraction of sp³-hybridized carbons (Fsp3) is 0.0769. The molecule has 3 nitrogen and oxygen atoms in total. The van der Waals surface area contributed by atoms with Gasteiger partial charge in [0.1, 0.15) is 5.15 Å². The number of hydrogen-bond donors (Lipinski definition) is 0. The Morgan fingerprint density at radius 1 is 1.18 bits per heavy atom. The first-order valence-corrected chi connectivity index (χ1v) is 5.30. The van der Waals surface area contributed by atoms with Gasteiger partial charge in [-0.15, -0.1) is 0 Å². The van der Waals surface area contributed by atoms with Crippen molar-refractivity contribution in [3.05, 3.63) is 53.0 Å². The first-order chi connectivity index (χ1) is 8.22. The number of ether oxygens (including phenoxy) is 1. The molecule has 0 N–H and O–H groups in total. The van der Waals surface area contributed by atoms with Gasteiger partial charge < -0.3 is 4.74 Å². The zero-order valence-corrected chi connectivity index (χ0v) is 9.90. The number of benzene rings is 1. The Labute approximate surface area is 104 Å². The minimum Gasteiger partial charge on any atom is -0.481 e. The topological polar surface area (TPSA) is 26.5 Å². The predicted molar refractivity (Wildman–Crippen MR) is 67.5 cm³/mol. The van der Waals surface area contributed by atoms with Gasteiger partial charge in [-0.2, -0.15) is 0 Å². The van der Waals surface area contributed by atoms with Crippen LogP contribution < -0.4 is 4.74 Å². The van der Waals surface area contributed by atoms with Crippen LogP contribution in [-0.2, 0) is 0 Å². The SMILES string of the molecule is [C-]#[N+]c1ccc(-c2cc(Cl)nc(OC)c2)cc1. The van der Waals surface area contributed by atoms with Gasteiger partial charge in [-0.25, -0.2) is 9.83 Å². The van der Waals surface area contributed by atoms with Gasteiger partial charge in [0.15, 0.2) is 5.69 Å². The van der Waals surface area contributed by atoms with Crippen LogP contribution in [0.1, 0.15) is 0 Å². The molecule has 0 saturated carbocycles. The van der Waals surface area contributed by atoms with Crippen molar-refractivity contribution in [3.8, 4) is 17.0 Å². The molecule has 0 saturated heterocycles. The average molecular weight is 245 g/mol. The van der Waals surface area contributed by atoms with E-state index in [9.17, 15) is 0 Å². The standard InChI is InChI=1S/C13H9ClN2O/c1-15-11-5-3-9(4-6-11)10-7-12(14)16-13(8-10)17-2/h3-8H,2H3. The lowest BCUT2D eigenvalue weighted by molar-refractivity contribution is 0.398. The second kappa shape index (κ2) is 4.86. The second-order valence-corrected chi connectivity index (χ2v) is 3.77. The van der Waals surface area contributed by atoms with Gasteiger partial charge in [0, 0.05) is 6.07 Å². The molecule has 2 rings (SSSR count). The number of nitrogens with zero attached hydrogens (tertiary/aromatic N) is 2. The highest BCUT2D eigenvalue weighted by atomic mass is 35.5. The number of hydrogen-bond acceptors (Lipinski definition) is 2. The molecule has 1 aromatic carbocycles. The highest BCUT2D eigenvalue weighted by molar-refractivity contribution is 6.29. The summed E-state index contributed by atoms with van der Waals surface area (Å²) in [5, 5.41) is 0.383. The van der Waals surface area contributed by atoms with E-state index in [0.29, 0.717) is 16.7 Å². The first kappa shape index (κ1) is 11.4. The van der Waals surface area contributed by atoms with E-state index in [4.69, 9.17) is 22.9 Å². The molecule has 0 unspecified atom stereocenters. The van der Waals surface area contributed by atoms with E-state index in [2.05, 4.69) is 9.83 Å². The number of aromatic nitrogens is 1. The largest absolute Gasteiger partial charge is 0.481 e. The molecule has 17 heavy (non-hydrogen) atoms. The minimum atomic E-state index is 0.383. The third-order valence-corrected chi connectivity index (χ3v) is 2.50. The third kappa shape index (κ3) is 2.55. The summed E-state index contributed by atoms with van der Waals surface area (Å²) in [4.78, 5) is 7.35. The molecule has 0 bridgehead atoms. The summed E-state index contributed by atoms with van der Waals surface area (Å²) in [6.07, 6.45) is 0. The van der Waals surface area contributed by atoms with Crippen molar-refractivity contribution in [2.45, 2.75) is 0 Å². The van der Waals surface area contributed by atoms with Gasteiger partial charge >= 0.3 is 0 Å². The summed E-state index contributed by atoms with van der Waals surface area (Å²) in [6.45, 7) is 6.89. The summed E-state index contributed by atoms with van der Waals surface area (Å²) in [5.74, 6) is 0.474. The maximum absolute atomic E-state index is 6.89. The van der Waals surface area contributed by atoms with Crippen LogP contribution >= 0.6 is 11.6 Å². The Kier molecular flexibility index (Phi) is 3.27. The lowest BCUT2D eigenvalue weighted by Gasteiger charge is -2.05. The highest BCUT2D eigenvalue weighted by Crippen LogP contribution is 2.27. The number of methoxy groups -OCH3 is 1. The molecule has 0 atom stereocenters. The maximum atomic E-state index is 6.89. The van der Waals surface area contributed by atoms with E-state index >= 15 is 0 Å². The lowest BCUT2D eigenvalue weighted by Crippen LogP contribution is -1.89. The molecule has 0 aliphatic rings. The Balaban J connectivity index is 2.45. The van der Waals surface area contributed by atoms with Crippen LogP contribution in [0.4, 0.5) is 5.69 Å². The van der Waals surface area contributed by atoms with E-state index in [0.717, 1.165) is 11.1 Å². The molecule has 84 valence electrons. The minimum absolute atomic E-state index is 0.383. The molecule has 2 aromatic rings. The average Bonchev–Trinajstić information content (AvgIpc) is 2.38. The quantitative estimate of drug-likeness (QED) is 0.590.